The third kappa shape index (κ3) is 4.74. The van der Waals surface area contributed by atoms with Crippen LogP contribution in [0, 0.1) is 6.92 Å². The molecule has 0 unspecified atom stereocenters. The molecule has 0 saturated heterocycles. The number of hydrogen-bond donors (Lipinski definition) is 0. The molecule has 3 aromatic carbocycles. The van der Waals surface area contributed by atoms with E-state index in [2.05, 4.69) is 36.2 Å². The predicted octanol–water partition coefficient (Wildman–Crippen LogP) is 6.97. The van der Waals surface area contributed by atoms with Crippen LogP contribution in [0.5, 0.6) is 11.5 Å². The second-order valence-corrected chi connectivity index (χ2v) is 8.57. The van der Waals surface area contributed by atoms with Crippen LogP contribution >= 0.6 is 0 Å². The topological polar surface area (TPSA) is 36.3 Å². The second kappa shape index (κ2) is 8.10. The summed E-state index contributed by atoms with van der Waals surface area (Å²) in [6.45, 7) is 7.04. The Balaban J connectivity index is 1.66. The number of ether oxygens (including phenoxy) is 2. The Morgan fingerprint density at radius 2 is 1.65 bits per heavy atom. The first-order valence-corrected chi connectivity index (χ1v) is 10.5. The van der Waals surface area contributed by atoms with E-state index in [1.165, 1.54) is 0 Å². The first kappa shape index (κ1) is 17.4. The van der Waals surface area contributed by atoms with E-state index < -0.39 is 12.5 Å². The molecule has 0 radical (unpaired) electrons. The van der Waals surface area contributed by atoms with Gasteiger partial charge in [0, 0.05) is 9.80 Å². The van der Waals surface area contributed by atoms with Crippen LogP contribution in [-0.2, 0) is 0 Å². The molecule has 1 heterocycles. The summed E-state index contributed by atoms with van der Waals surface area (Å²) in [5, 5.41) is 0. The summed E-state index contributed by atoms with van der Waals surface area (Å²) in [4.78, 5) is 4.59. The minimum atomic E-state index is -2.22. The average Bonchev–Trinajstić information content (AvgIpc) is 3.15. The van der Waals surface area contributed by atoms with Crippen molar-refractivity contribution in [2.45, 2.75) is 53.2 Å². The van der Waals surface area contributed by atoms with Crippen molar-refractivity contribution in [2.24, 2.45) is 0 Å². The molecule has 31 heavy (non-hydrogen) atoms. The lowest BCUT2D eigenvalue weighted by molar-refractivity contribution is 0.131. The van der Waals surface area contributed by atoms with Gasteiger partial charge in [-0.05, 0) is 107 Å². The zero-order chi connectivity index (χ0) is 24.7. The third-order valence-electron chi connectivity index (χ3n) is 4.92. The van der Waals surface area contributed by atoms with Crippen LogP contribution in [0.25, 0.3) is 27.8 Å². The van der Waals surface area contributed by atoms with Gasteiger partial charge in [-0.25, -0.2) is 4.98 Å². The monoisotopic (exact) mass is 417 g/mol. The van der Waals surface area contributed by atoms with Gasteiger partial charge in [-0.1, -0.05) is 12.1 Å². The normalized spacial score (nSPS) is 13.7. The number of hydrogen-bond acceptors (Lipinski definition) is 3. The number of benzene rings is 3. The first-order chi connectivity index (χ1) is 15.9. The van der Waals surface area contributed by atoms with E-state index in [0.29, 0.717) is 5.75 Å². The Hall–Kier alpha value is -3.27. The standard InChI is InChI=1S/C27H30N2O2/c1-18(2)30-22-11-7-20(8-12-22)24-16-26-25(15-19(24)3)28-17-29(26)21-9-13-23(14-10-21)31-27(4,5)6/h7-18H,1-6H3/i4D3. The molecular weight excluding hydrogens is 384 g/mol. The van der Waals surface area contributed by atoms with Crippen molar-refractivity contribution in [2.75, 3.05) is 0 Å². The summed E-state index contributed by atoms with van der Waals surface area (Å²) in [6.07, 6.45) is 1.94. The number of aromatic nitrogens is 2. The lowest BCUT2D eigenvalue weighted by Gasteiger charge is -2.21. The van der Waals surface area contributed by atoms with Crippen molar-refractivity contribution in [1.29, 1.82) is 0 Å². The number of aryl methyl sites for hydroxylation is 1. The molecule has 4 rings (SSSR count). The minimum Gasteiger partial charge on any atom is -0.491 e. The van der Waals surface area contributed by atoms with Gasteiger partial charge in [-0.3, -0.25) is 4.57 Å². The van der Waals surface area contributed by atoms with Gasteiger partial charge < -0.3 is 9.47 Å². The van der Waals surface area contributed by atoms with Crippen LogP contribution in [0.15, 0.2) is 67.0 Å². The van der Waals surface area contributed by atoms with Crippen molar-refractivity contribution < 1.29 is 13.6 Å². The molecule has 0 N–H and O–H groups in total. The van der Waals surface area contributed by atoms with Gasteiger partial charge in [-0.15, -0.1) is 0 Å². The smallest absolute Gasteiger partial charge is 0.120 e. The van der Waals surface area contributed by atoms with Crippen molar-refractivity contribution >= 4 is 11.0 Å². The Kier molecular flexibility index (Phi) is 4.55. The zero-order valence-electron chi connectivity index (χ0n) is 21.6. The molecule has 0 bridgehead atoms. The van der Waals surface area contributed by atoms with Gasteiger partial charge in [-0.2, -0.15) is 0 Å². The largest absolute Gasteiger partial charge is 0.491 e. The zero-order valence-corrected chi connectivity index (χ0v) is 18.6. The second-order valence-electron chi connectivity index (χ2n) is 8.57. The van der Waals surface area contributed by atoms with E-state index in [-0.39, 0.29) is 6.10 Å². The lowest BCUT2D eigenvalue weighted by atomic mass is 9.99. The van der Waals surface area contributed by atoms with E-state index >= 15 is 0 Å². The maximum atomic E-state index is 7.67. The van der Waals surface area contributed by atoms with E-state index in [1.54, 1.807) is 32.3 Å². The Bertz CT molecular complexity index is 1290. The summed E-state index contributed by atoms with van der Waals surface area (Å²) in [5.74, 6) is 1.36. The van der Waals surface area contributed by atoms with E-state index in [4.69, 9.17) is 13.6 Å². The molecule has 1 aromatic heterocycles. The molecule has 160 valence electrons. The van der Waals surface area contributed by atoms with Crippen molar-refractivity contribution in [3.05, 3.63) is 72.6 Å². The molecule has 0 aliphatic carbocycles. The summed E-state index contributed by atoms with van der Waals surface area (Å²) < 4.78 is 36.6. The summed E-state index contributed by atoms with van der Waals surface area (Å²) in [6, 6.07) is 19.8. The number of imidazole rings is 1. The molecule has 0 aliphatic rings. The molecule has 0 amide bonds. The quantitative estimate of drug-likeness (QED) is 0.352. The minimum absolute atomic E-state index is 0.134. The van der Waals surface area contributed by atoms with Gasteiger partial charge in [0.2, 0.25) is 0 Å². The highest BCUT2D eigenvalue weighted by molar-refractivity contribution is 5.85. The molecule has 0 spiro atoms. The van der Waals surface area contributed by atoms with Gasteiger partial charge >= 0.3 is 0 Å². The Labute approximate surface area is 188 Å². The van der Waals surface area contributed by atoms with Crippen LogP contribution in [0.3, 0.4) is 0 Å². The molecule has 0 saturated carbocycles. The maximum Gasteiger partial charge on any atom is 0.120 e. The molecule has 4 aromatic rings. The highest BCUT2D eigenvalue weighted by atomic mass is 16.5. The van der Waals surface area contributed by atoms with Gasteiger partial charge in [0.05, 0.1) is 17.1 Å². The SMILES string of the molecule is [2H]C([2H])([2H])C(C)(C)Oc1ccc(-n2cnc3cc(C)c(-c4ccc(OC(C)C)cc4)cc32)cc1. The summed E-state index contributed by atoms with van der Waals surface area (Å²) in [7, 11) is 0. The number of fused-ring (bicyclic) bond motifs is 1. The van der Waals surface area contributed by atoms with Gasteiger partial charge in [0.1, 0.15) is 23.4 Å². The highest BCUT2D eigenvalue weighted by Crippen LogP contribution is 2.31. The predicted molar refractivity (Wildman–Crippen MR) is 127 cm³/mol. The van der Waals surface area contributed by atoms with Crippen LogP contribution < -0.4 is 9.47 Å². The van der Waals surface area contributed by atoms with Crippen LogP contribution in [0.2, 0.25) is 0 Å². The van der Waals surface area contributed by atoms with Crippen molar-refractivity contribution in [3.8, 4) is 28.3 Å². The van der Waals surface area contributed by atoms with E-state index in [0.717, 1.165) is 39.2 Å². The molecule has 4 nitrogen and oxygen atoms in total. The van der Waals surface area contributed by atoms with Gasteiger partial charge in [0.15, 0.2) is 0 Å². The fraction of sp³-hybridized carbons (Fsp3) is 0.296. The fourth-order valence-electron chi connectivity index (χ4n) is 3.63. The van der Waals surface area contributed by atoms with Gasteiger partial charge in [0.25, 0.3) is 0 Å². The number of nitrogens with zero attached hydrogens (tertiary/aromatic N) is 2. The Morgan fingerprint density at radius 1 is 0.968 bits per heavy atom. The molecular formula is C27H30N2O2. The lowest BCUT2D eigenvalue weighted by Crippen LogP contribution is -2.22. The molecule has 0 fully saturated rings. The van der Waals surface area contributed by atoms with Crippen LogP contribution in [0.1, 0.15) is 44.2 Å². The van der Waals surface area contributed by atoms with Crippen LogP contribution in [0.4, 0.5) is 0 Å². The van der Waals surface area contributed by atoms with E-state index in [9.17, 15) is 0 Å². The average molecular weight is 418 g/mol. The summed E-state index contributed by atoms with van der Waals surface area (Å²) in [5.41, 5.74) is 4.91. The molecule has 4 heteroatoms. The molecule has 0 aliphatic heterocycles. The highest BCUT2D eigenvalue weighted by Gasteiger charge is 2.13. The fourth-order valence-corrected chi connectivity index (χ4v) is 3.63. The third-order valence-corrected chi connectivity index (χ3v) is 4.92. The first-order valence-electron chi connectivity index (χ1n) is 12.0. The maximum absolute atomic E-state index is 7.67. The molecule has 0 atom stereocenters. The number of rotatable bonds is 5. The Morgan fingerprint density at radius 3 is 2.29 bits per heavy atom. The summed E-state index contributed by atoms with van der Waals surface area (Å²) >= 11 is 0. The van der Waals surface area contributed by atoms with Crippen molar-refractivity contribution in [3.63, 3.8) is 0 Å². The van der Waals surface area contributed by atoms with Crippen molar-refractivity contribution in [1.82, 2.24) is 9.55 Å². The van der Waals surface area contributed by atoms with E-state index in [1.807, 2.05) is 42.7 Å². The van der Waals surface area contributed by atoms with Crippen LogP contribution in [-0.4, -0.2) is 21.3 Å².